The van der Waals surface area contributed by atoms with Crippen molar-refractivity contribution in [2.45, 2.75) is 6.92 Å². The molecule has 0 radical (unpaired) electrons. The van der Waals surface area contributed by atoms with Crippen LogP contribution in [0.3, 0.4) is 0 Å². The standard InChI is InChI=1S/C17H18N4O3/c1-10-13-7-11(9-18-16(13)21(2)20-10)17(22)19-12-5-6-14(23-3)15(8-12)24-4/h5-9H,1-4H3,(H,19,22). The number of hydrogen-bond acceptors (Lipinski definition) is 5. The van der Waals surface area contributed by atoms with Crippen molar-refractivity contribution in [2.75, 3.05) is 19.5 Å². The lowest BCUT2D eigenvalue weighted by molar-refractivity contribution is 0.102. The summed E-state index contributed by atoms with van der Waals surface area (Å²) >= 11 is 0. The van der Waals surface area contributed by atoms with Crippen LogP contribution in [0, 0.1) is 6.92 Å². The molecule has 0 bridgehead atoms. The number of ether oxygens (including phenoxy) is 2. The number of carbonyl (C=O) groups is 1. The SMILES string of the molecule is COc1ccc(NC(=O)c2cnc3c(c2)c(C)nn3C)cc1OC. The Balaban J connectivity index is 1.88. The van der Waals surface area contributed by atoms with Gasteiger partial charge in [0.05, 0.1) is 25.5 Å². The fourth-order valence-corrected chi connectivity index (χ4v) is 2.55. The molecule has 24 heavy (non-hydrogen) atoms. The van der Waals surface area contributed by atoms with E-state index in [4.69, 9.17) is 9.47 Å². The second-order valence-corrected chi connectivity index (χ2v) is 5.33. The molecular weight excluding hydrogens is 308 g/mol. The Morgan fingerprint density at radius 1 is 1.17 bits per heavy atom. The average molecular weight is 326 g/mol. The van der Waals surface area contributed by atoms with Crippen LogP contribution in [0.2, 0.25) is 0 Å². The largest absolute Gasteiger partial charge is 0.493 e. The van der Waals surface area contributed by atoms with Crippen molar-refractivity contribution in [3.05, 3.63) is 41.7 Å². The molecular formula is C17H18N4O3. The molecule has 1 aromatic carbocycles. The van der Waals surface area contributed by atoms with Crippen LogP contribution in [0.5, 0.6) is 11.5 Å². The number of nitrogens with one attached hydrogen (secondary N) is 1. The molecule has 7 heteroatoms. The Labute approximate surface area is 139 Å². The van der Waals surface area contributed by atoms with Crippen LogP contribution < -0.4 is 14.8 Å². The zero-order valence-electron chi connectivity index (χ0n) is 14.0. The lowest BCUT2D eigenvalue weighted by Gasteiger charge is -2.10. The van der Waals surface area contributed by atoms with Crippen molar-refractivity contribution in [3.63, 3.8) is 0 Å². The number of rotatable bonds is 4. The maximum Gasteiger partial charge on any atom is 0.257 e. The number of aryl methyl sites for hydroxylation is 2. The Hall–Kier alpha value is -3.09. The number of pyridine rings is 1. The maximum atomic E-state index is 12.5. The zero-order chi connectivity index (χ0) is 17.3. The molecule has 124 valence electrons. The lowest BCUT2D eigenvalue weighted by Crippen LogP contribution is -2.12. The van der Waals surface area contributed by atoms with Crippen molar-refractivity contribution in [1.82, 2.24) is 14.8 Å². The highest BCUT2D eigenvalue weighted by atomic mass is 16.5. The van der Waals surface area contributed by atoms with Gasteiger partial charge in [-0.1, -0.05) is 0 Å². The third-order valence-electron chi connectivity index (χ3n) is 3.77. The van der Waals surface area contributed by atoms with Crippen LogP contribution in [-0.2, 0) is 7.05 Å². The van der Waals surface area contributed by atoms with E-state index < -0.39 is 0 Å². The van der Waals surface area contributed by atoms with Crippen molar-refractivity contribution in [1.29, 1.82) is 0 Å². The molecule has 0 fully saturated rings. The molecule has 3 aromatic rings. The van der Waals surface area contributed by atoms with Gasteiger partial charge in [0.1, 0.15) is 0 Å². The lowest BCUT2D eigenvalue weighted by atomic mass is 10.2. The molecule has 2 aromatic heterocycles. The van der Waals surface area contributed by atoms with E-state index in [-0.39, 0.29) is 5.91 Å². The second kappa shape index (κ2) is 6.19. The Kier molecular flexibility index (Phi) is 4.07. The predicted molar refractivity (Wildman–Crippen MR) is 90.7 cm³/mol. The third-order valence-corrected chi connectivity index (χ3v) is 3.77. The number of hydrogen-bond donors (Lipinski definition) is 1. The minimum absolute atomic E-state index is 0.250. The van der Waals surface area contributed by atoms with Crippen LogP contribution in [0.1, 0.15) is 16.1 Å². The summed E-state index contributed by atoms with van der Waals surface area (Å²) in [5.41, 5.74) is 2.66. The van der Waals surface area contributed by atoms with Gasteiger partial charge in [0.15, 0.2) is 17.1 Å². The Morgan fingerprint density at radius 3 is 2.62 bits per heavy atom. The van der Waals surface area contributed by atoms with Gasteiger partial charge < -0.3 is 14.8 Å². The first-order chi connectivity index (χ1) is 11.5. The molecule has 0 aliphatic heterocycles. The smallest absolute Gasteiger partial charge is 0.257 e. The molecule has 0 saturated carbocycles. The number of aromatic nitrogens is 3. The highest BCUT2D eigenvalue weighted by molar-refractivity contribution is 6.05. The summed E-state index contributed by atoms with van der Waals surface area (Å²) in [6, 6.07) is 6.99. The van der Waals surface area contributed by atoms with Crippen molar-refractivity contribution in [3.8, 4) is 11.5 Å². The summed E-state index contributed by atoms with van der Waals surface area (Å²) in [5.74, 6) is 0.899. The fourth-order valence-electron chi connectivity index (χ4n) is 2.55. The van der Waals surface area contributed by atoms with Gasteiger partial charge >= 0.3 is 0 Å². The fraction of sp³-hybridized carbons (Fsp3) is 0.235. The molecule has 0 aliphatic rings. The van der Waals surface area contributed by atoms with Gasteiger partial charge in [-0.05, 0) is 25.1 Å². The summed E-state index contributed by atoms with van der Waals surface area (Å²) in [7, 11) is 4.94. The highest BCUT2D eigenvalue weighted by Crippen LogP contribution is 2.30. The van der Waals surface area contributed by atoms with Gasteiger partial charge in [-0.15, -0.1) is 0 Å². The van der Waals surface area contributed by atoms with E-state index in [0.29, 0.717) is 22.7 Å². The van der Waals surface area contributed by atoms with E-state index in [0.717, 1.165) is 16.7 Å². The first-order valence-corrected chi connectivity index (χ1v) is 7.36. The van der Waals surface area contributed by atoms with Crippen molar-refractivity contribution in [2.24, 2.45) is 7.05 Å². The van der Waals surface area contributed by atoms with Gasteiger partial charge in [0, 0.05) is 30.4 Å². The monoisotopic (exact) mass is 326 g/mol. The van der Waals surface area contributed by atoms with Crippen LogP contribution in [0.15, 0.2) is 30.5 Å². The van der Waals surface area contributed by atoms with Crippen LogP contribution in [0.25, 0.3) is 11.0 Å². The minimum atomic E-state index is -0.250. The Bertz CT molecular complexity index is 918. The number of fused-ring (bicyclic) bond motifs is 1. The molecule has 0 aliphatic carbocycles. The van der Waals surface area contributed by atoms with Gasteiger partial charge in [-0.2, -0.15) is 5.10 Å². The number of nitrogens with zero attached hydrogens (tertiary/aromatic N) is 3. The minimum Gasteiger partial charge on any atom is -0.493 e. The normalized spacial score (nSPS) is 10.7. The van der Waals surface area contributed by atoms with E-state index in [1.165, 1.54) is 0 Å². The van der Waals surface area contributed by atoms with Gasteiger partial charge in [-0.3, -0.25) is 9.48 Å². The number of methoxy groups -OCH3 is 2. The molecule has 0 atom stereocenters. The molecule has 7 nitrogen and oxygen atoms in total. The van der Waals surface area contributed by atoms with E-state index >= 15 is 0 Å². The molecule has 2 heterocycles. The van der Waals surface area contributed by atoms with Crippen LogP contribution in [-0.4, -0.2) is 34.9 Å². The second-order valence-electron chi connectivity index (χ2n) is 5.33. The average Bonchev–Trinajstić information content (AvgIpc) is 2.88. The van der Waals surface area contributed by atoms with Gasteiger partial charge in [-0.25, -0.2) is 4.98 Å². The van der Waals surface area contributed by atoms with E-state index in [2.05, 4.69) is 15.4 Å². The van der Waals surface area contributed by atoms with Crippen molar-refractivity contribution >= 4 is 22.6 Å². The molecule has 0 saturated heterocycles. The highest BCUT2D eigenvalue weighted by Gasteiger charge is 2.13. The summed E-state index contributed by atoms with van der Waals surface area (Å²) < 4.78 is 12.1. The van der Waals surface area contributed by atoms with Gasteiger partial charge in [0.2, 0.25) is 0 Å². The zero-order valence-corrected chi connectivity index (χ0v) is 14.0. The number of carbonyl (C=O) groups excluding carboxylic acids is 1. The number of amides is 1. The third kappa shape index (κ3) is 2.76. The molecule has 0 spiro atoms. The van der Waals surface area contributed by atoms with E-state index in [9.17, 15) is 4.79 Å². The summed E-state index contributed by atoms with van der Waals surface area (Å²) in [6.45, 7) is 1.89. The maximum absolute atomic E-state index is 12.5. The first-order valence-electron chi connectivity index (χ1n) is 7.36. The topological polar surface area (TPSA) is 78.3 Å². The summed E-state index contributed by atoms with van der Waals surface area (Å²) in [5, 5.41) is 8.00. The molecule has 1 amide bonds. The van der Waals surface area contributed by atoms with Gasteiger partial charge in [0.25, 0.3) is 5.91 Å². The molecule has 3 rings (SSSR count). The molecule has 1 N–H and O–H groups in total. The van der Waals surface area contributed by atoms with Crippen LogP contribution >= 0.6 is 0 Å². The Morgan fingerprint density at radius 2 is 1.92 bits per heavy atom. The summed E-state index contributed by atoms with van der Waals surface area (Å²) in [4.78, 5) is 16.8. The first kappa shape index (κ1) is 15.8. The van der Waals surface area contributed by atoms with Crippen LogP contribution in [0.4, 0.5) is 5.69 Å². The van der Waals surface area contributed by atoms with E-state index in [1.54, 1.807) is 49.4 Å². The number of anilines is 1. The quantitative estimate of drug-likeness (QED) is 0.797. The summed E-state index contributed by atoms with van der Waals surface area (Å²) in [6.07, 6.45) is 1.54. The van der Waals surface area contributed by atoms with E-state index in [1.807, 2.05) is 14.0 Å². The predicted octanol–water partition coefficient (Wildman–Crippen LogP) is 2.55. The number of benzene rings is 1. The van der Waals surface area contributed by atoms with Crippen molar-refractivity contribution < 1.29 is 14.3 Å². The molecule has 0 unspecified atom stereocenters.